The van der Waals surface area contributed by atoms with Gasteiger partial charge in [0.2, 0.25) is 11.8 Å². The highest BCUT2D eigenvalue weighted by Gasteiger charge is 2.35. The lowest BCUT2D eigenvalue weighted by Gasteiger charge is -2.33. The molecule has 2 aliphatic heterocycles. The Morgan fingerprint density at radius 2 is 2.13 bits per heavy atom. The molecule has 0 radical (unpaired) electrons. The summed E-state index contributed by atoms with van der Waals surface area (Å²) in [6, 6.07) is 0.609. The van der Waals surface area contributed by atoms with Crippen molar-refractivity contribution in [1.82, 2.24) is 15.2 Å². The van der Waals surface area contributed by atoms with Crippen LogP contribution in [0.2, 0.25) is 0 Å². The lowest BCUT2D eigenvalue weighted by atomic mass is 10.1. The van der Waals surface area contributed by atoms with Crippen molar-refractivity contribution >= 4 is 29.5 Å². The van der Waals surface area contributed by atoms with Gasteiger partial charge < -0.3 is 20.9 Å². The zero-order valence-electron chi connectivity index (χ0n) is 12.3. The lowest BCUT2D eigenvalue weighted by Crippen LogP contribution is -2.61. The van der Waals surface area contributed by atoms with Crippen LogP contribution in [-0.4, -0.2) is 52.5 Å². The van der Waals surface area contributed by atoms with Crippen LogP contribution >= 0.6 is 11.8 Å². The number of thioether (sulfide) groups is 1. The molecular formula is C14H16N4O4S. The van der Waals surface area contributed by atoms with E-state index in [1.165, 1.54) is 0 Å². The minimum Gasteiger partial charge on any atom is -0.368 e. The topological polar surface area (TPSA) is 125 Å². The first-order valence-corrected chi connectivity index (χ1v) is 8.32. The summed E-state index contributed by atoms with van der Waals surface area (Å²) in [5, 5.41) is 2.49. The van der Waals surface area contributed by atoms with E-state index >= 15 is 0 Å². The predicted molar refractivity (Wildman–Crippen MR) is 84.0 cm³/mol. The molecule has 1 saturated heterocycles. The molecular weight excluding hydrogens is 320 g/mol. The van der Waals surface area contributed by atoms with Crippen LogP contribution < -0.4 is 16.6 Å². The molecule has 0 bridgehead atoms. The smallest absolute Gasteiger partial charge is 0.261 e. The number of aromatic amines is 1. The van der Waals surface area contributed by atoms with Gasteiger partial charge in [0.1, 0.15) is 18.2 Å². The number of hydrogen-bond acceptors (Lipinski definition) is 5. The summed E-state index contributed by atoms with van der Waals surface area (Å²) in [7, 11) is 0. The zero-order valence-corrected chi connectivity index (χ0v) is 13.1. The zero-order chi connectivity index (χ0) is 16.6. The number of nitrogens with zero attached hydrogens (tertiary/aromatic N) is 1. The standard InChI is InChI=1S/C14H16N4O4S/c15-12(20)10-4-16-11(19)5-18(10)14(22)8-3-7-6-23-2-1-9(7)17-13(8)21/h3,10H,1-2,4-6H2,(H2,15,20)(H,16,19)(H,17,21). The Balaban J connectivity index is 1.96. The lowest BCUT2D eigenvalue weighted by molar-refractivity contribution is -0.129. The maximum Gasteiger partial charge on any atom is 0.261 e. The van der Waals surface area contributed by atoms with Crippen LogP contribution in [0.25, 0.3) is 0 Å². The third-order valence-corrected chi connectivity index (χ3v) is 4.98. The summed E-state index contributed by atoms with van der Waals surface area (Å²) < 4.78 is 0. The number of H-pyrrole nitrogens is 1. The van der Waals surface area contributed by atoms with Crippen molar-refractivity contribution < 1.29 is 14.4 Å². The predicted octanol–water partition coefficient (Wildman–Crippen LogP) is -1.41. The molecule has 2 aliphatic rings. The molecule has 0 spiro atoms. The second-order valence-corrected chi connectivity index (χ2v) is 6.58. The van der Waals surface area contributed by atoms with Crippen molar-refractivity contribution in [3.05, 3.63) is 33.2 Å². The fraction of sp³-hybridized carbons (Fsp3) is 0.429. The van der Waals surface area contributed by atoms with Crippen molar-refractivity contribution in [3.8, 4) is 0 Å². The van der Waals surface area contributed by atoms with Crippen molar-refractivity contribution in [2.24, 2.45) is 5.73 Å². The first kappa shape index (κ1) is 15.6. The van der Waals surface area contributed by atoms with Crippen LogP contribution in [-0.2, 0) is 21.8 Å². The maximum atomic E-state index is 12.7. The van der Waals surface area contributed by atoms with E-state index in [2.05, 4.69) is 10.3 Å². The highest BCUT2D eigenvalue weighted by molar-refractivity contribution is 7.98. The molecule has 1 unspecified atom stereocenters. The van der Waals surface area contributed by atoms with Gasteiger partial charge in [0.05, 0.1) is 0 Å². The Hall–Kier alpha value is -2.29. The molecule has 9 heteroatoms. The second kappa shape index (κ2) is 6.07. The van der Waals surface area contributed by atoms with Gasteiger partial charge in [0.15, 0.2) is 0 Å². The summed E-state index contributed by atoms with van der Waals surface area (Å²) in [5.74, 6) is -0.120. The number of hydrogen-bond donors (Lipinski definition) is 3. The third-order valence-electron chi connectivity index (χ3n) is 3.97. The van der Waals surface area contributed by atoms with Gasteiger partial charge >= 0.3 is 0 Å². The van der Waals surface area contributed by atoms with E-state index in [4.69, 9.17) is 5.73 Å². The van der Waals surface area contributed by atoms with Crippen LogP contribution in [0, 0.1) is 0 Å². The SMILES string of the molecule is NC(=O)C1CNC(=O)CN1C(=O)c1cc2c([nH]c1=O)CCSC2. The molecule has 0 saturated carbocycles. The van der Waals surface area contributed by atoms with Crippen LogP contribution in [0.4, 0.5) is 0 Å². The van der Waals surface area contributed by atoms with Crippen molar-refractivity contribution in [1.29, 1.82) is 0 Å². The van der Waals surface area contributed by atoms with Gasteiger partial charge in [-0.15, -0.1) is 0 Å². The quantitative estimate of drug-likeness (QED) is 0.612. The summed E-state index contributed by atoms with van der Waals surface area (Å²) in [6.45, 7) is -0.337. The molecule has 3 heterocycles. The first-order valence-electron chi connectivity index (χ1n) is 7.17. The molecule has 1 aromatic heterocycles. The second-order valence-electron chi connectivity index (χ2n) is 5.47. The number of piperazine rings is 1. The number of pyridine rings is 1. The Morgan fingerprint density at radius 3 is 2.87 bits per heavy atom. The molecule has 1 aromatic rings. The van der Waals surface area contributed by atoms with Gasteiger partial charge in [0, 0.05) is 18.0 Å². The molecule has 8 nitrogen and oxygen atoms in total. The summed E-state index contributed by atoms with van der Waals surface area (Å²) >= 11 is 1.72. The third kappa shape index (κ3) is 2.96. The molecule has 0 aromatic carbocycles. The van der Waals surface area contributed by atoms with Gasteiger partial charge in [-0.1, -0.05) is 0 Å². The fourth-order valence-electron chi connectivity index (χ4n) is 2.74. The Bertz CT molecular complexity index is 745. The number of carbonyl (C=O) groups excluding carboxylic acids is 3. The first-order chi connectivity index (χ1) is 11.0. The van der Waals surface area contributed by atoms with E-state index in [1.54, 1.807) is 17.8 Å². The average Bonchev–Trinajstić information content (AvgIpc) is 2.53. The minimum absolute atomic E-state index is 0.0431. The molecule has 1 atom stereocenters. The van der Waals surface area contributed by atoms with Crippen molar-refractivity contribution in [3.63, 3.8) is 0 Å². The molecule has 3 rings (SSSR count). The van der Waals surface area contributed by atoms with Crippen molar-refractivity contribution in [2.75, 3.05) is 18.8 Å². The van der Waals surface area contributed by atoms with Gasteiger partial charge in [-0.25, -0.2) is 0 Å². The normalized spacial score (nSPS) is 20.6. The van der Waals surface area contributed by atoms with E-state index < -0.39 is 23.4 Å². The Kier molecular flexibility index (Phi) is 4.12. The van der Waals surface area contributed by atoms with E-state index in [0.29, 0.717) is 5.75 Å². The number of fused-ring (bicyclic) bond motifs is 1. The van der Waals surface area contributed by atoms with Gasteiger partial charge in [-0.2, -0.15) is 11.8 Å². The van der Waals surface area contributed by atoms with Gasteiger partial charge in [-0.3, -0.25) is 19.2 Å². The monoisotopic (exact) mass is 336 g/mol. The Labute approximate surface area is 135 Å². The number of nitrogens with two attached hydrogens (primary N) is 1. The summed E-state index contributed by atoms with van der Waals surface area (Å²) in [4.78, 5) is 51.7. The van der Waals surface area contributed by atoms with Crippen LogP contribution in [0.3, 0.4) is 0 Å². The van der Waals surface area contributed by atoms with Gasteiger partial charge in [0.25, 0.3) is 11.5 Å². The molecule has 1 fully saturated rings. The number of rotatable bonds is 2. The average molecular weight is 336 g/mol. The molecule has 4 N–H and O–H groups in total. The van der Waals surface area contributed by atoms with E-state index in [0.717, 1.165) is 28.3 Å². The number of amides is 3. The largest absolute Gasteiger partial charge is 0.368 e. The van der Waals surface area contributed by atoms with E-state index in [1.807, 2.05) is 0 Å². The summed E-state index contributed by atoms with van der Waals surface area (Å²) in [5.41, 5.74) is 6.47. The molecule has 0 aliphatic carbocycles. The number of carbonyl (C=O) groups is 3. The highest BCUT2D eigenvalue weighted by atomic mass is 32.2. The molecule has 3 amide bonds. The van der Waals surface area contributed by atoms with E-state index in [9.17, 15) is 19.2 Å². The maximum absolute atomic E-state index is 12.7. The van der Waals surface area contributed by atoms with Crippen LogP contribution in [0.1, 0.15) is 21.6 Å². The molecule has 122 valence electrons. The minimum atomic E-state index is -0.954. The number of primary amides is 1. The van der Waals surface area contributed by atoms with Gasteiger partial charge in [-0.05, 0) is 23.8 Å². The van der Waals surface area contributed by atoms with Crippen LogP contribution in [0.15, 0.2) is 10.9 Å². The number of aromatic nitrogens is 1. The number of aryl methyl sites for hydroxylation is 1. The fourth-order valence-corrected chi connectivity index (χ4v) is 3.71. The molecule has 23 heavy (non-hydrogen) atoms. The summed E-state index contributed by atoms with van der Waals surface area (Å²) in [6.07, 6.45) is 0.750. The van der Waals surface area contributed by atoms with Crippen LogP contribution in [0.5, 0.6) is 0 Å². The highest BCUT2D eigenvalue weighted by Crippen LogP contribution is 2.23. The number of nitrogens with one attached hydrogen (secondary N) is 2. The van der Waals surface area contributed by atoms with E-state index in [-0.39, 0.29) is 24.6 Å². The Morgan fingerprint density at radius 1 is 1.35 bits per heavy atom. The van der Waals surface area contributed by atoms with Crippen molar-refractivity contribution in [2.45, 2.75) is 18.2 Å².